The SMILES string of the molecule is CCOc1ccc(C(Cl)c2ccc(Cl)c(Br)c2)cc1Br. The van der Waals surface area contributed by atoms with E-state index in [2.05, 4.69) is 31.9 Å². The molecule has 20 heavy (non-hydrogen) atoms. The first-order chi connectivity index (χ1) is 9.52. The molecule has 5 heteroatoms. The van der Waals surface area contributed by atoms with Crippen molar-refractivity contribution in [1.29, 1.82) is 0 Å². The Morgan fingerprint density at radius 2 is 1.65 bits per heavy atom. The van der Waals surface area contributed by atoms with Gasteiger partial charge >= 0.3 is 0 Å². The third-order valence-electron chi connectivity index (χ3n) is 2.78. The largest absolute Gasteiger partial charge is 0.493 e. The zero-order chi connectivity index (χ0) is 14.7. The first-order valence-electron chi connectivity index (χ1n) is 6.04. The Labute approximate surface area is 145 Å². The molecule has 2 aromatic carbocycles. The molecule has 1 unspecified atom stereocenters. The van der Waals surface area contributed by atoms with Crippen LogP contribution in [0.1, 0.15) is 23.4 Å². The van der Waals surface area contributed by atoms with Gasteiger partial charge in [-0.05, 0) is 74.2 Å². The number of hydrogen-bond donors (Lipinski definition) is 0. The van der Waals surface area contributed by atoms with Gasteiger partial charge in [0.1, 0.15) is 5.75 Å². The Bertz CT molecular complexity index is 617. The van der Waals surface area contributed by atoms with Gasteiger partial charge in [0, 0.05) is 4.47 Å². The van der Waals surface area contributed by atoms with Crippen LogP contribution in [0.25, 0.3) is 0 Å². The van der Waals surface area contributed by atoms with Crippen LogP contribution in [0, 0.1) is 0 Å². The van der Waals surface area contributed by atoms with Gasteiger partial charge in [-0.3, -0.25) is 0 Å². The van der Waals surface area contributed by atoms with Crippen molar-refractivity contribution in [2.75, 3.05) is 6.61 Å². The molecule has 0 fully saturated rings. The van der Waals surface area contributed by atoms with Crippen molar-refractivity contribution in [2.24, 2.45) is 0 Å². The quantitative estimate of drug-likeness (QED) is 0.489. The minimum atomic E-state index is -0.240. The molecule has 2 aromatic rings. The Morgan fingerprint density at radius 3 is 2.20 bits per heavy atom. The second-order valence-electron chi connectivity index (χ2n) is 4.16. The van der Waals surface area contributed by atoms with Gasteiger partial charge in [-0.15, -0.1) is 11.6 Å². The van der Waals surface area contributed by atoms with Crippen molar-refractivity contribution in [1.82, 2.24) is 0 Å². The molecule has 2 rings (SSSR count). The van der Waals surface area contributed by atoms with Crippen molar-refractivity contribution in [3.05, 3.63) is 61.5 Å². The smallest absolute Gasteiger partial charge is 0.133 e. The van der Waals surface area contributed by atoms with Gasteiger partial charge in [-0.2, -0.15) is 0 Å². The number of benzene rings is 2. The molecule has 0 spiro atoms. The third-order valence-corrected chi connectivity index (χ3v) is 5.12. The summed E-state index contributed by atoms with van der Waals surface area (Å²) >= 11 is 19.4. The lowest BCUT2D eigenvalue weighted by Gasteiger charge is -2.13. The fourth-order valence-electron chi connectivity index (χ4n) is 1.81. The summed E-state index contributed by atoms with van der Waals surface area (Å²) in [5.41, 5.74) is 1.98. The summed E-state index contributed by atoms with van der Waals surface area (Å²) < 4.78 is 7.24. The third kappa shape index (κ3) is 3.70. The van der Waals surface area contributed by atoms with Gasteiger partial charge in [0.2, 0.25) is 0 Å². The molecule has 0 amide bonds. The average molecular weight is 439 g/mol. The number of alkyl halides is 1. The molecule has 0 aliphatic rings. The predicted molar refractivity (Wildman–Crippen MR) is 92.2 cm³/mol. The summed E-state index contributed by atoms with van der Waals surface area (Å²) in [5.74, 6) is 0.817. The van der Waals surface area contributed by atoms with E-state index in [0.717, 1.165) is 25.8 Å². The van der Waals surface area contributed by atoms with E-state index in [1.165, 1.54) is 0 Å². The van der Waals surface area contributed by atoms with E-state index in [1.54, 1.807) is 0 Å². The molecule has 1 atom stereocenters. The predicted octanol–water partition coefficient (Wildman–Crippen LogP) is 6.59. The van der Waals surface area contributed by atoms with Crippen molar-refractivity contribution in [3.63, 3.8) is 0 Å². The normalized spacial score (nSPS) is 12.2. The van der Waals surface area contributed by atoms with Crippen LogP contribution < -0.4 is 4.74 Å². The van der Waals surface area contributed by atoms with E-state index < -0.39 is 0 Å². The van der Waals surface area contributed by atoms with Crippen molar-refractivity contribution < 1.29 is 4.74 Å². The van der Waals surface area contributed by atoms with Gasteiger partial charge in [0.25, 0.3) is 0 Å². The Hall–Kier alpha value is -0.220. The lowest BCUT2D eigenvalue weighted by atomic mass is 10.0. The summed E-state index contributed by atoms with van der Waals surface area (Å²) in [6.07, 6.45) is 0. The fraction of sp³-hybridized carbons (Fsp3) is 0.200. The summed E-state index contributed by atoms with van der Waals surface area (Å²) in [7, 11) is 0. The highest BCUT2D eigenvalue weighted by atomic mass is 79.9. The molecule has 0 bridgehead atoms. The summed E-state index contributed by atoms with van der Waals surface area (Å²) in [4.78, 5) is 0. The highest BCUT2D eigenvalue weighted by Crippen LogP contribution is 2.36. The molecule has 0 aliphatic carbocycles. The number of halogens is 4. The van der Waals surface area contributed by atoms with Crippen LogP contribution in [0.3, 0.4) is 0 Å². The fourth-order valence-corrected chi connectivity index (χ4v) is 3.11. The molecule has 1 nitrogen and oxygen atoms in total. The first kappa shape index (κ1) is 16.2. The van der Waals surface area contributed by atoms with Crippen LogP contribution in [0.4, 0.5) is 0 Å². The molecule has 106 valence electrons. The Kier molecular flexibility index (Phi) is 5.79. The summed E-state index contributed by atoms with van der Waals surface area (Å²) in [6, 6.07) is 11.6. The highest BCUT2D eigenvalue weighted by Gasteiger charge is 2.14. The van der Waals surface area contributed by atoms with E-state index in [4.69, 9.17) is 27.9 Å². The summed E-state index contributed by atoms with van der Waals surface area (Å²) in [6.45, 7) is 2.59. The molecule has 0 aromatic heterocycles. The van der Waals surface area contributed by atoms with E-state index in [0.29, 0.717) is 11.6 Å². The number of ether oxygens (including phenoxy) is 1. The van der Waals surface area contributed by atoms with Crippen molar-refractivity contribution >= 4 is 55.1 Å². The monoisotopic (exact) mass is 436 g/mol. The zero-order valence-electron chi connectivity index (χ0n) is 10.7. The van der Waals surface area contributed by atoms with Crippen LogP contribution in [0.15, 0.2) is 45.3 Å². The van der Waals surface area contributed by atoms with Gasteiger partial charge in [-0.25, -0.2) is 0 Å². The van der Waals surface area contributed by atoms with Gasteiger partial charge in [0.05, 0.1) is 21.5 Å². The Balaban J connectivity index is 2.30. The molecule has 0 heterocycles. The van der Waals surface area contributed by atoms with E-state index in [9.17, 15) is 0 Å². The Morgan fingerprint density at radius 1 is 1.05 bits per heavy atom. The lowest BCUT2D eigenvalue weighted by Crippen LogP contribution is -1.96. The van der Waals surface area contributed by atoms with Gasteiger partial charge in [0.15, 0.2) is 0 Å². The molecule has 0 radical (unpaired) electrons. The first-order valence-corrected chi connectivity index (χ1v) is 8.44. The van der Waals surface area contributed by atoms with Crippen LogP contribution in [0.5, 0.6) is 5.75 Å². The average Bonchev–Trinajstić information content (AvgIpc) is 2.43. The van der Waals surface area contributed by atoms with Crippen molar-refractivity contribution in [3.8, 4) is 5.75 Å². The highest BCUT2D eigenvalue weighted by molar-refractivity contribution is 9.10. The van der Waals surface area contributed by atoms with Crippen LogP contribution >= 0.6 is 55.1 Å². The van der Waals surface area contributed by atoms with E-state index in [-0.39, 0.29) is 5.38 Å². The minimum absolute atomic E-state index is 0.240. The maximum absolute atomic E-state index is 6.53. The van der Waals surface area contributed by atoms with Crippen LogP contribution in [-0.4, -0.2) is 6.61 Å². The molecular formula is C15H12Br2Cl2O. The summed E-state index contributed by atoms with van der Waals surface area (Å²) in [5, 5.41) is 0.432. The molecule has 0 saturated carbocycles. The van der Waals surface area contributed by atoms with Gasteiger partial charge < -0.3 is 4.74 Å². The standard InChI is InChI=1S/C15H12Br2Cl2O/c1-2-20-14-6-4-10(8-12(14)17)15(19)9-3-5-13(18)11(16)7-9/h3-8,15H,2H2,1H3. The number of rotatable bonds is 4. The van der Waals surface area contributed by atoms with Crippen LogP contribution in [-0.2, 0) is 0 Å². The van der Waals surface area contributed by atoms with E-state index in [1.807, 2.05) is 43.3 Å². The molecule has 0 aliphatic heterocycles. The lowest BCUT2D eigenvalue weighted by molar-refractivity contribution is 0.338. The van der Waals surface area contributed by atoms with Gasteiger partial charge in [-0.1, -0.05) is 23.7 Å². The van der Waals surface area contributed by atoms with E-state index >= 15 is 0 Å². The minimum Gasteiger partial charge on any atom is -0.493 e. The van der Waals surface area contributed by atoms with Crippen LogP contribution in [0.2, 0.25) is 5.02 Å². The maximum atomic E-state index is 6.53. The molecular weight excluding hydrogens is 427 g/mol. The second-order valence-corrected chi connectivity index (χ2v) is 6.71. The maximum Gasteiger partial charge on any atom is 0.133 e. The number of hydrogen-bond acceptors (Lipinski definition) is 1. The van der Waals surface area contributed by atoms with Crippen molar-refractivity contribution in [2.45, 2.75) is 12.3 Å². The second kappa shape index (κ2) is 7.17. The topological polar surface area (TPSA) is 9.23 Å². The zero-order valence-corrected chi connectivity index (χ0v) is 15.4. The molecule has 0 N–H and O–H groups in total. The molecule has 0 saturated heterocycles.